The Morgan fingerprint density at radius 3 is 2.64 bits per heavy atom. The fraction of sp³-hybridized carbons (Fsp3) is 0.353. The standard InChI is InChI=1S/C17H18FNO2S/c1-19(10-14(20)11-2-3-11)17(21)16-9-8-15(22-16)12-4-6-13(18)7-5-12/h4-9,11,14,20H,2-3,10H2,1H3. The lowest BCUT2D eigenvalue weighted by atomic mass is 10.2. The van der Waals surface area contributed by atoms with Crippen LogP contribution in [-0.2, 0) is 0 Å². The monoisotopic (exact) mass is 319 g/mol. The number of carbonyl (C=O) groups excluding carboxylic acids is 1. The zero-order chi connectivity index (χ0) is 15.7. The lowest BCUT2D eigenvalue weighted by Gasteiger charge is -2.20. The number of thiophene rings is 1. The summed E-state index contributed by atoms with van der Waals surface area (Å²) in [5.41, 5.74) is 0.895. The van der Waals surface area contributed by atoms with Crippen LogP contribution in [0.2, 0.25) is 0 Å². The molecule has 1 aliphatic rings. The highest BCUT2D eigenvalue weighted by atomic mass is 32.1. The Morgan fingerprint density at radius 1 is 1.32 bits per heavy atom. The van der Waals surface area contributed by atoms with Gasteiger partial charge in [0, 0.05) is 18.5 Å². The van der Waals surface area contributed by atoms with E-state index in [9.17, 15) is 14.3 Å². The summed E-state index contributed by atoms with van der Waals surface area (Å²) in [6.07, 6.45) is 1.68. The number of aliphatic hydroxyl groups is 1. The van der Waals surface area contributed by atoms with Gasteiger partial charge in [-0.15, -0.1) is 11.3 Å². The molecule has 0 radical (unpaired) electrons. The average Bonchev–Trinajstić information content (AvgIpc) is 3.25. The molecule has 0 saturated heterocycles. The van der Waals surface area contributed by atoms with Crippen molar-refractivity contribution in [3.63, 3.8) is 0 Å². The fourth-order valence-electron chi connectivity index (χ4n) is 2.40. The smallest absolute Gasteiger partial charge is 0.263 e. The molecule has 1 atom stereocenters. The van der Waals surface area contributed by atoms with Gasteiger partial charge in [-0.3, -0.25) is 4.79 Å². The molecule has 0 spiro atoms. The van der Waals surface area contributed by atoms with Crippen LogP contribution < -0.4 is 0 Å². The van der Waals surface area contributed by atoms with Crippen LogP contribution in [0.25, 0.3) is 10.4 Å². The molecule has 1 unspecified atom stereocenters. The molecule has 1 aromatic carbocycles. The predicted octanol–water partition coefficient (Wildman–Crippen LogP) is 3.40. The molecule has 1 heterocycles. The lowest BCUT2D eigenvalue weighted by molar-refractivity contribution is 0.0649. The molecule has 1 aromatic heterocycles. The maximum atomic E-state index is 13.0. The third kappa shape index (κ3) is 3.36. The molecule has 22 heavy (non-hydrogen) atoms. The quantitative estimate of drug-likeness (QED) is 0.917. The number of amides is 1. The minimum atomic E-state index is -0.425. The van der Waals surface area contributed by atoms with Crippen molar-refractivity contribution in [2.45, 2.75) is 18.9 Å². The largest absolute Gasteiger partial charge is 0.391 e. The van der Waals surface area contributed by atoms with Gasteiger partial charge in [0.25, 0.3) is 5.91 Å². The molecule has 3 rings (SSSR count). The highest BCUT2D eigenvalue weighted by Gasteiger charge is 2.31. The van der Waals surface area contributed by atoms with Crippen molar-refractivity contribution in [2.75, 3.05) is 13.6 Å². The van der Waals surface area contributed by atoms with Gasteiger partial charge in [0.05, 0.1) is 11.0 Å². The van der Waals surface area contributed by atoms with Crippen molar-refractivity contribution < 1.29 is 14.3 Å². The van der Waals surface area contributed by atoms with Crippen LogP contribution in [-0.4, -0.2) is 35.6 Å². The van der Waals surface area contributed by atoms with Crippen molar-refractivity contribution in [3.05, 3.63) is 47.1 Å². The van der Waals surface area contributed by atoms with E-state index < -0.39 is 6.10 Å². The van der Waals surface area contributed by atoms with Gasteiger partial charge < -0.3 is 10.0 Å². The first-order valence-electron chi connectivity index (χ1n) is 7.34. The Morgan fingerprint density at radius 2 is 2.00 bits per heavy atom. The van der Waals surface area contributed by atoms with Gasteiger partial charge >= 0.3 is 0 Å². The Kier molecular flexibility index (Phi) is 4.27. The molecule has 1 aliphatic carbocycles. The van der Waals surface area contributed by atoms with Crippen molar-refractivity contribution in [2.24, 2.45) is 5.92 Å². The van der Waals surface area contributed by atoms with Gasteiger partial charge in [-0.1, -0.05) is 12.1 Å². The minimum absolute atomic E-state index is 0.0851. The zero-order valence-corrected chi connectivity index (χ0v) is 13.1. The van der Waals surface area contributed by atoms with Gasteiger partial charge in [-0.05, 0) is 48.6 Å². The molecule has 1 amide bonds. The zero-order valence-electron chi connectivity index (χ0n) is 12.3. The van der Waals surface area contributed by atoms with Gasteiger partial charge in [-0.2, -0.15) is 0 Å². The number of nitrogens with zero attached hydrogens (tertiary/aromatic N) is 1. The van der Waals surface area contributed by atoms with Crippen LogP contribution >= 0.6 is 11.3 Å². The Bertz CT molecular complexity index is 664. The number of halogens is 1. The van der Waals surface area contributed by atoms with Crippen LogP contribution in [0, 0.1) is 11.7 Å². The number of benzene rings is 1. The SMILES string of the molecule is CN(CC(O)C1CC1)C(=O)c1ccc(-c2ccc(F)cc2)s1. The van der Waals surface area contributed by atoms with E-state index in [1.807, 2.05) is 6.07 Å². The number of carbonyl (C=O) groups is 1. The minimum Gasteiger partial charge on any atom is -0.391 e. The maximum Gasteiger partial charge on any atom is 0.263 e. The topological polar surface area (TPSA) is 40.5 Å². The first-order chi connectivity index (χ1) is 10.5. The number of hydrogen-bond donors (Lipinski definition) is 1. The molecule has 0 aliphatic heterocycles. The summed E-state index contributed by atoms with van der Waals surface area (Å²) < 4.78 is 13.0. The summed E-state index contributed by atoms with van der Waals surface area (Å²) in [6, 6.07) is 9.89. The molecular formula is C17H18FNO2S. The maximum absolute atomic E-state index is 13.0. The van der Waals surface area contributed by atoms with Crippen LogP contribution in [0.3, 0.4) is 0 Å². The van der Waals surface area contributed by atoms with Crippen molar-refractivity contribution in [1.29, 1.82) is 0 Å². The first-order valence-corrected chi connectivity index (χ1v) is 8.15. The predicted molar refractivity (Wildman–Crippen MR) is 85.4 cm³/mol. The Labute approximate surface area is 133 Å². The highest BCUT2D eigenvalue weighted by molar-refractivity contribution is 7.17. The van der Waals surface area contributed by atoms with Crippen LogP contribution in [0.15, 0.2) is 36.4 Å². The van der Waals surface area contributed by atoms with Gasteiger partial charge in [0.1, 0.15) is 5.82 Å². The second-order valence-corrected chi connectivity index (χ2v) is 6.85. The molecule has 1 saturated carbocycles. The highest BCUT2D eigenvalue weighted by Crippen LogP contribution is 2.33. The second-order valence-electron chi connectivity index (χ2n) is 5.76. The fourth-order valence-corrected chi connectivity index (χ4v) is 3.41. The number of aliphatic hydroxyl groups excluding tert-OH is 1. The molecule has 0 bridgehead atoms. The van der Waals surface area contributed by atoms with Crippen molar-refractivity contribution in [3.8, 4) is 10.4 Å². The first kappa shape index (κ1) is 15.2. The molecule has 3 nitrogen and oxygen atoms in total. The van der Waals surface area contributed by atoms with E-state index >= 15 is 0 Å². The van der Waals surface area contributed by atoms with E-state index in [0.29, 0.717) is 17.3 Å². The lowest BCUT2D eigenvalue weighted by Crippen LogP contribution is -2.34. The van der Waals surface area contributed by atoms with Crippen LogP contribution in [0.5, 0.6) is 0 Å². The normalized spacial score (nSPS) is 15.6. The number of likely N-dealkylation sites (N-methyl/N-ethyl adjacent to an activating group) is 1. The summed E-state index contributed by atoms with van der Waals surface area (Å²) in [6.45, 7) is 0.368. The Hall–Kier alpha value is -1.72. The average molecular weight is 319 g/mol. The molecule has 2 aromatic rings. The number of hydrogen-bond acceptors (Lipinski definition) is 3. The van der Waals surface area contributed by atoms with Gasteiger partial charge in [-0.25, -0.2) is 4.39 Å². The van der Waals surface area contributed by atoms with Crippen molar-refractivity contribution in [1.82, 2.24) is 4.90 Å². The third-order valence-electron chi connectivity index (χ3n) is 3.92. The molecular weight excluding hydrogens is 301 g/mol. The van der Waals surface area contributed by atoms with E-state index in [1.165, 1.54) is 23.5 Å². The summed E-state index contributed by atoms with van der Waals surface area (Å²) in [5, 5.41) is 9.94. The van der Waals surface area contributed by atoms with E-state index in [0.717, 1.165) is 23.3 Å². The van der Waals surface area contributed by atoms with Crippen LogP contribution in [0.1, 0.15) is 22.5 Å². The van der Waals surface area contributed by atoms with Crippen molar-refractivity contribution >= 4 is 17.2 Å². The Balaban J connectivity index is 1.69. The van der Waals surface area contributed by atoms with Gasteiger partial charge in [0.15, 0.2) is 0 Å². The summed E-state index contributed by atoms with van der Waals surface area (Å²) in [7, 11) is 1.71. The van der Waals surface area contributed by atoms with E-state index in [1.54, 1.807) is 30.1 Å². The summed E-state index contributed by atoms with van der Waals surface area (Å²) in [5.74, 6) is -0.00294. The van der Waals surface area contributed by atoms with Gasteiger partial charge in [0.2, 0.25) is 0 Å². The second kappa shape index (κ2) is 6.18. The number of rotatable bonds is 5. The van der Waals surface area contributed by atoms with Crippen LogP contribution in [0.4, 0.5) is 4.39 Å². The molecule has 1 N–H and O–H groups in total. The third-order valence-corrected chi connectivity index (χ3v) is 5.04. The summed E-state index contributed by atoms with van der Waals surface area (Å²) in [4.78, 5) is 15.5. The van der Waals surface area contributed by atoms with E-state index in [-0.39, 0.29) is 11.7 Å². The molecule has 5 heteroatoms. The molecule has 1 fully saturated rings. The summed E-state index contributed by atoms with van der Waals surface area (Å²) >= 11 is 1.38. The molecule has 116 valence electrons. The van der Waals surface area contributed by atoms with E-state index in [2.05, 4.69) is 0 Å². The van der Waals surface area contributed by atoms with E-state index in [4.69, 9.17) is 0 Å².